The molecule has 1 rings (SSSR count). The predicted octanol–water partition coefficient (Wildman–Crippen LogP) is 2.19. The van der Waals surface area contributed by atoms with Gasteiger partial charge in [-0.3, -0.25) is 4.99 Å². The van der Waals surface area contributed by atoms with Crippen molar-refractivity contribution in [1.82, 2.24) is 10.6 Å². The fourth-order valence-electron chi connectivity index (χ4n) is 3.10. The average molecular weight is 332 g/mol. The number of hydrogen-bond donors (Lipinski definition) is 2. The lowest BCUT2D eigenvalue weighted by molar-refractivity contribution is 0.111. The van der Waals surface area contributed by atoms with Crippen LogP contribution in [0.3, 0.4) is 0 Å². The van der Waals surface area contributed by atoms with Crippen LogP contribution in [0.1, 0.15) is 52.9 Å². The standard InChI is InChI=1S/C16H33N3O2S/c1-5-17-15(18-10-7-11-22(4,20)21)19-13-16(8-6-9-16)12-14(2)3/h14H,5-13H2,1-4H3,(H2,17,18,19). The van der Waals surface area contributed by atoms with Crippen LogP contribution in [-0.2, 0) is 9.84 Å². The molecule has 6 heteroatoms. The van der Waals surface area contributed by atoms with Crippen molar-refractivity contribution in [2.75, 3.05) is 31.6 Å². The highest BCUT2D eigenvalue weighted by atomic mass is 32.2. The molecule has 0 atom stereocenters. The molecule has 2 N–H and O–H groups in total. The fourth-order valence-corrected chi connectivity index (χ4v) is 3.77. The third-order valence-electron chi connectivity index (χ3n) is 4.16. The Morgan fingerprint density at radius 3 is 2.41 bits per heavy atom. The molecule has 0 heterocycles. The molecule has 0 saturated heterocycles. The van der Waals surface area contributed by atoms with Crippen LogP contribution >= 0.6 is 0 Å². The number of aliphatic imine (C=N–C) groups is 1. The molecule has 22 heavy (non-hydrogen) atoms. The van der Waals surface area contributed by atoms with E-state index >= 15 is 0 Å². The van der Waals surface area contributed by atoms with E-state index in [0.717, 1.165) is 19.0 Å². The van der Waals surface area contributed by atoms with Crippen molar-refractivity contribution in [2.45, 2.75) is 52.9 Å². The van der Waals surface area contributed by atoms with Gasteiger partial charge in [-0.25, -0.2) is 8.42 Å². The number of hydrogen-bond acceptors (Lipinski definition) is 3. The normalized spacial score (nSPS) is 18.1. The van der Waals surface area contributed by atoms with Gasteiger partial charge in [-0.2, -0.15) is 0 Å². The smallest absolute Gasteiger partial charge is 0.191 e. The van der Waals surface area contributed by atoms with Gasteiger partial charge in [0.1, 0.15) is 9.84 Å². The van der Waals surface area contributed by atoms with Gasteiger partial charge in [0.15, 0.2) is 5.96 Å². The van der Waals surface area contributed by atoms with Crippen LogP contribution in [0.5, 0.6) is 0 Å². The van der Waals surface area contributed by atoms with Crippen LogP contribution in [0.2, 0.25) is 0 Å². The first kappa shape index (κ1) is 19.3. The number of nitrogens with zero attached hydrogens (tertiary/aromatic N) is 1. The zero-order chi connectivity index (χ0) is 16.6. The van der Waals surface area contributed by atoms with Crippen molar-refractivity contribution < 1.29 is 8.42 Å². The Bertz CT molecular complexity index is 454. The SMILES string of the molecule is CCNC(=NCC1(CC(C)C)CCC1)NCCCS(C)(=O)=O. The third kappa shape index (κ3) is 7.47. The van der Waals surface area contributed by atoms with Crippen LogP contribution in [0.25, 0.3) is 0 Å². The number of sulfone groups is 1. The van der Waals surface area contributed by atoms with Gasteiger partial charge in [0.2, 0.25) is 0 Å². The Hall–Kier alpha value is -0.780. The van der Waals surface area contributed by atoms with Crippen molar-refractivity contribution in [2.24, 2.45) is 16.3 Å². The Morgan fingerprint density at radius 1 is 1.27 bits per heavy atom. The molecule has 0 unspecified atom stereocenters. The summed E-state index contributed by atoms with van der Waals surface area (Å²) >= 11 is 0. The summed E-state index contributed by atoms with van der Waals surface area (Å²) in [6.45, 7) is 8.91. The van der Waals surface area contributed by atoms with Gasteiger partial charge in [0.05, 0.1) is 5.75 Å². The number of nitrogens with one attached hydrogen (secondary N) is 2. The van der Waals surface area contributed by atoms with Crippen molar-refractivity contribution in [3.63, 3.8) is 0 Å². The van der Waals surface area contributed by atoms with Crippen LogP contribution in [-0.4, -0.2) is 46.0 Å². The van der Waals surface area contributed by atoms with Gasteiger partial charge in [-0.1, -0.05) is 20.3 Å². The van der Waals surface area contributed by atoms with Crippen LogP contribution in [0, 0.1) is 11.3 Å². The molecule has 1 saturated carbocycles. The maximum Gasteiger partial charge on any atom is 0.191 e. The van der Waals surface area contributed by atoms with Gasteiger partial charge >= 0.3 is 0 Å². The maximum absolute atomic E-state index is 11.1. The highest BCUT2D eigenvalue weighted by Crippen LogP contribution is 2.46. The van der Waals surface area contributed by atoms with Crippen molar-refractivity contribution >= 4 is 15.8 Å². The summed E-state index contributed by atoms with van der Waals surface area (Å²) < 4.78 is 22.3. The molecule has 0 aliphatic heterocycles. The highest BCUT2D eigenvalue weighted by molar-refractivity contribution is 7.90. The number of rotatable bonds is 9. The molecule has 0 amide bonds. The van der Waals surface area contributed by atoms with E-state index in [0.29, 0.717) is 24.3 Å². The lowest BCUT2D eigenvalue weighted by Gasteiger charge is -2.42. The second-order valence-corrected chi connectivity index (χ2v) is 9.32. The Balaban J connectivity index is 2.47. The molecule has 0 aromatic rings. The molecule has 1 aliphatic rings. The van der Waals surface area contributed by atoms with Crippen LogP contribution in [0.15, 0.2) is 4.99 Å². The van der Waals surface area contributed by atoms with E-state index in [1.165, 1.54) is 31.9 Å². The minimum Gasteiger partial charge on any atom is -0.357 e. The molecule has 130 valence electrons. The molecule has 1 fully saturated rings. The first-order valence-corrected chi connectivity index (χ1v) is 10.5. The van der Waals surface area contributed by atoms with Gasteiger partial charge in [0.25, 0.3) is 0 Å². The summed E-state index contributed by atoms with van der Waals surface area (Å²) in [4.78, 5) is 4.74. The quantitative estimate of drug-likeness (QED) is 0.386. The lowest BCUT2D eigenvalue weighted by Crippen LogP contribution is -2.40. The maximum atomic E-state index is 11.1. The summed E-state index contributed by atoms with van der Waals surface area (Å²) in [5.41, 5.74) is 0.392. The molecule has 0 aromatic carbocycles. The largest absolute Gasteiger partial charge is 0.357 e. The molecule has 0 spiro atoms. The van der Waals surface area contributed by atoms with Crippen LogP contribution in [0.4, 0.5) is 0 Å². The Morgan fingerprint density at radius 2 is 1.95 bits per heavy atom. The minimum atomic E-state index is -2.88. The van der Waals surface area contributed by atoms with Crippen molar-refractivity contribution in [3.05, 3.63) is 0 Å². The highest BCUT2D eigenvalue weighted by Gasteiger charge is 2.37. The Kier molecular flexibility index (Phi) is 7.66. The third-order valence-corrected chi connectivity index (χ3v) is 5.19. The van der Waals surface area contributed by atoms with Gasteiger partial charge in [-0.05, 0) is 43.9 Å². The van der Waals surface area contributed by atoms with E-state index in [1.807, 2.05) is 6.92 Å². The fraction of sp³-hybridized carbons (Fsp3) is 0.938. The van der Waals surface area contributed by atoms with Crippen LogP contribution < -0.4 is 10.6 Å². The zero-order valence-corrected chi connectivity index (χ0v) is 15.4. The van der Waals surface area contributed by atoms with E-state index in [4.69, 9.17) is 4.99 Å². The van der Waals surface area contributed by atoms with Gasteiger partial charge < -0.3 is 10.6 Å². The minimum absolute atomic E-state index is 0.219. The van der Waals surface area contributed by atoms with Gasteiger partial charge in [0, 0.05) is 25.9 Å². The van der Waals surface area contributed by atoms with Gasteiger partial charge in [-0.15, -0.1) is 0 Å². The van der Waals surface area contributed by atoms with Crippen molar-refractivity contribution in [3.8, 4) is 0 Å². The summed E-state index contributed by atoms with van der Waals surface area (Å²) in [6.07, 6.45) is 7.01. The van der Waals surface area contributed by atoms with E-state index in [1.54, 1.807) is 0 Å². The summed E-state index contributed by atoms with van der Waals surface area (Å²) in [5, 5.41) is 6.49. The zero-order valence-electron chi connectivity index (χ0n) is 14.6. The Labute approximate surface area is 136 Å². The first-order chi connectivity index (χ1) is 10.3. The van der Waals surface area contributed by atoms with E-state index < -0.39 is 9.84 Å². The predicted molar refractivity (Wildman–Crippen MR) is 94.0 cm³/mol. The summed E-state index contributed by atoms with van der Waals surface area (Å²) in [7, 11) is -2.88. The first-order valence-electron chi connectivity index (χ1n) is 8.46. The molecule has 0 radical (unpaired) electrons. The second kappa shape index (κ2) is 8.75. The summed E-state index contributed by atoms with van der Waals surface area (Å²) in [6, 6.07) is 0. The molecule has 0 aromatic heterocycles. The lowest BCUT2D eigenvalue weighted by atomic mass is 9.64. The van der Waals surface area contributed by atoms with E-state index in [9.17, 15) is 8.42 Å². The molecule has 1 aliphatic carbocycles. The molecule has 5 nitrogen and oxygen atoms in total. The second-order valence-electron chi connectivity index (χ2n) is 7.06. The topological polar surface area (TPSA) is 70.6 Å². The summed E-state index contributed by atoms with van der Waals surface area (Å²) in [5.74, 6) is 1.74. The molecular weight excluding hydrogens is 298 g/mol. The number of guanidine groups is 1. The molecule has 0 bridgehead atoms. The monoisotopic (exact) mass is 331 g/mol. The van der Waals surface area contributed by atoms with E-state index in [-0.39, 0.29) is 5.75 Å². The molecular formula is C16H33N3O2S. The average Bonchev–Trinajstić information content (AvgIpc) is 2.35. The van der Waals surface area contributed by atoms with Crippen molar-refractivity contribution in [1.29, 1.82) is 0 Å². The van der Waals surface area contributed by atoms with E-state index in [2.05, 4.69) is 24.5 Å².